The third-order valence-corrected chi connectivity index (χ3v) is 4.92. The molecule has 2 amide bonds. The standard InChI is InChI=1S/C24H25N3O7/c1-14(2)34-21(29)13-33-18-7-4-15(5-8-18)20(28)12-27-11-17-10-16(6-9-19(17)23(27)30)22(25)26-24(31)32-3/h4-10,14H,11-13H2,1-3H3,(H2,25,26,31). The first-order valence-electron chi connectivity index (χ1n) is 10.5. The molecule has 2 aromatic rings. The lowest BCUT2D eigenvalue weighted by Gasteiger charge is -2.14. The van der Waals surface area contributed by atoms with Crippen LogP contribution in [0.3, 0.4) is 0 Å². The second kappa shape index (κ2) is 10.6. The van der Waals surface area contributed by atoms with Crippen molar-refractivity contribution in [3.63, 3.8) is 0 Å². The van der Waals surface area contributed by atoms with Gasteiger partial charge in [0.05, 0.1) is 19.8 Å². The smallest absolute Gasteiger partial charge is 0.412 e. The number of fused-ring (bicyclic) bond motifs is 1. The fraction of sp³-hybridized carbons (Fsp3) is 0.292. The molecule has 0 aliphatic carbocycles. The normalized spacial score (nSPS) is 12.2. The molecule has 178 valence electrons. The number of alkyl carbamates (subject to hydrolysis) is 1. The molecular formula is C24H25N3O7. The lowest BCUT2D eigenvalue weighted by Crippen LogP contribution is -2.30. The maximum absolute atomic E-state index is 12.7. The molecule has 3 rings (SSSR count). The molecule has 2 N–H and O–H groups in total. The van der Waals surface area contributed by atoms with Crippen molar-refractivity contribution in [2.24, 2.45) is 0 Å². The van der Waals surface area contributed by atoms with E-state index in [0.717, 1.165) is 0 Å². The van der Waals surface area contributed by atoms with Gasteiger partial charge in [0.2, 0.25) is 0 Å². The summed E-state index contributed by atoms with van der Waals surface area (Å²) < 4.78 is 14.8. The van der Waals surface area contributed by atoms with E-state index in [1.54, 1.807) is 56.3 Å². The van der Waals surface area contributed by atoms with Gasteiger partial charge in [0, 0.05) is 23.2 Å². The maximum atomic E-state index is 12.7. The van der Waals surface area contributed by atoms with Crippen LogP contribution in [0.25, 0.3) is 0 Å². The molecule has 10 nitrogen and oxygen atoms in total. The van der Waals surface area contributed by atoms with Crippen molar-refractivity contribution < 1.29 is 33.4 Å². The summed E-state index contributed by atoms with van der Waals surface area (Å²) in [6, 6.07) is 11.0. The van der Waals surface area contributed by atoms with E-state index in [-0.39, 0.29) is 43.3 Å². The van der Waals surface area contributed by atoms with Gasteiger partial charge in [0.15, 0.2) is 12.4 Å². The second-order valence-electron chi connectivity index (χ2n) is 7.80. The fourth-order valence-electron chi connectivity index (χ4n) is 3.33. The molecule has 10 heteroatoms. The van der Waals surface area contributed by atoms with Gasteiger partial charge in [0.1, 0.15) is 11.6 Å². The molecule has 0 bridgehead atoms. The molecule has 34 heavy (non-hydrogen) atoms. The third kappa shape index (κ3) is 5.97. The van der Waals surface area contributed by atoms with Crippen molar-refractivity contribution >= 4 is 29.6 Å². The summed E-state index contributed by atoms with van der Waals surface area (Å²) in [4.78, 5) is 49.7. The Kier molecular flexibility index (Phi) is 7.62. The summed E-state index contributed by atoms with van der Waals surface area (Å²) in [7, 11) is 1.20. The number of rotatable bonds is 8. The van der Waals surface area contributed by atoms with E-state index in [9.17, 15) is 19.2 Å². The molecule has 0 spiro atoms. The highest BCUT2D eigenvalue weighted by molar-refractivity contribution is 6.07. The van der Waals surface area contributed by atoms with Crippen LogP contribution in [0.2, 0.25) is 0 Å². The first kappa shape index (κ1) is 24.4. The summed E-state index contributed by atoms with van der Waals surface area (Å²) in [5, 5.41) is 10.2. The van der Waals surface area contributed by atoms with Gasteiger partial charge >= 0.3 is 12.1 Å². The van der Waals surface area contributed by atoms with E-state index >= 15 is 0 Å². The summed E-state index contributed by atoms with van der Waals surface area (Å²) in [6.07, 6.45) is -0.994. The molecule has 0 saturated carbocycles. The Labute approximate surface area is 196 Å². The van der Waals surface area contributed by atoms with E-state index in [2.05, 4.69) is 10.1 Å². The van der Waals surface area contributed by atoms with Gasteiger partial charge in [-0.3, -0.25) is 20.3 Å². The maximum Gasteiger partial charge on any atom is 0.412 e. The van der Waals surface area contributed by atoms with Gasteiger partial charge < -0.3 is 19.1 Å². The number of amides is 2. The minimum absolute atomic E-state index is 0.123. The Bertz CT molecular complexity index is 1130. The Morgan fingerprint density at radius 2 is 1.76 bits per heavy atom. The van der Waals surface area contributed by atoms with Crippen molar-refractivity contribution in [3.8, 4) is 5.75 Å². The number of nitrogens with one attached hydrogen (secondary N) is 2. The van der Waals surface area contributed by atoms with E-state index in [1.165, 1.54) is 12.0 Å². The molecule has 0 unspecified atom stereocenters. The third-order valence-electron chi connectivity index (χ3n) is 4.92. The molecule has 0 saturated heterocycles. The Balaban J connectivity index is 1.59. The largest absolute Gasteiger partial charge is 0.482 e. The van der Waals surface area contributed by atoms with Crippen LogP contribution in [0.4, 0.5) is 4.79 Å². The van der Waals surface area contributed by atoms with Crippen LogP contribution in [0, 0.1) is 5.41 Å². The number of ether oxygens (including phenoxy) is 3. The highest BCUT2D eigenvalue weighted by atomic mass is 16.6. The van der Waals surface area contributed by atoms with Crippen LogP contribution in [0.15, 0.2) is 42.5 Å². The quantitative estimate of drug-likeness (QED) is 0.264. The molecule has 1 aliphatic rings. The number of methoxy groups -OCH3 is 1. The number of esters is 1. The van der Waals surface area contributed by atoms with Crippen molar-refractivity contribution in [2.75, 3.05) is 20.3 Å². The number of hydrogen-bond donors (Lipinski definition) is 2. The summed E-state index contributed by atoms with van der Waals surface area (Å²) in [5.74, 6) is -0.770. The highest BCUT2D eigenvalue weighted by Crippen LogP contribution is 2.24. The summed E-state index contributed by atoms with van der Waals surface area (Å²) >= 11 is 0. The molecule has 0 atom stereocenters. The molecule has 0 fully saturated rings. The first-order valence-corrected chi connectivity index (χ1v) is 10.5. The predicted molar refractivity (Wildman–Crippen MR) is 121 cm³/mol. The minimum Gasteiger partial charge on any atom is -0.482 e. The minimum atomic E-state index is -0.763. The molecule has 1 aliphatic heterocycles. The Hall–Kier alpha value is -4.21. The van der Waals surface area contributed by atoms with Gasteiger partial charge in [-0.1, -0.05) is 6.07 Å². The average molecular weight is 467 g/mol. The summed E-state index contributed by atoms with van der Waals surface area (Å²) in [5.41, 5.74) is 1.91. The van der Waals surface area contributed by atoms with E-state index in [0.29, 0.717) is 28.0 Å². The zero-order valence-electron chi connectivity index (χ0n) is 19.0. The van der Waals surface area contributed by atoms with Crippen molar-refractivity contribution in [1.82, 2.24) is 10.2 Å². The van der Waals surface area contributed by atoms with Gasteiger partial charge in [-0.15, -0.1) is 0 Å². The van der Waals surface area contributed by atoms with E-state index in [4.69, 9.17) is 14.9 Å². The van der Waals surface area contributed by atoms with Crippen LogP contribution in [0.5, 0.6) is 5.75 Å². The lowest BCUT2D eigenvalue weighted by molar-refractivity contribution is -0.149. The van der Waals surface area contributed by atoms with Crippen LogP contribution >= 0.6 is 0 Å². The van der Waals surface area contributed by atoms with Crippen LogP contribution in [-0.2, 0) is 20.8 Å². The zero-order chi connectivity index (χ0) is 24.8. The number of Topliss-reactive ketones (excluding diaryl/α,β-unsaturated/α-hetero) is 1. The molecular weight excluding hydrogens is 442 g/mol. The van der Waals surface area contributed by atoms with Gasteiger partial charge in [0.25, 0.3) is 5.91 Å². The van der Waals surface area contributed by atoms with Crippen LogP contribution in [0.1, 0.15) is 45.7 Å². The number of amidine groups is 1. The van der Waals surface area contributed by atoms with E-state index in [1.807, 2.05) is 0 Å². The average Bonchev–Trinajstić information content (AvgIpc) is 3.11. The molecule has 2 aromatic carbocycles. The van der Waals surface area contributed by atoms with Crippen molar-refractivity contribution in [1.29, 1.82) is 5.41 Å². The predicted octanol–water partition coefficient (Wildman–Crippen LogP) is 2.54. The monoisotopic (exact) mass is 467 g/mol. The second-order valence-corrected chi connectivity index (χ2v) is 7.80. The molecule has 1 heterocycles. The molecule has 0 radical (unpaired) electrons. The van der Waals surface area contributed by atoms with Crippen LogP contribution in [-0.4, -0.2) is 60.9 Å². The Morgan fingerprint density at radius 1 is 1.09 bits per heavy atom. The topological polar surface area (TPSA) is 135 Å². The Morgan fingerprint density at radius 3 is 2.41 bits per heavy atom. The summed E-state index contributed by atoms with van der Waals surface area (Å²) in [6.45, 7) is 3.34. The van der Waals surface area contributed by atoms with E-state index < -0.39 is 12.1 Å². The van der Waals surface area contributed by atoms with Gasteiger partial charge in [-0.25, -0.2) is 9.59 Å². The van der Waals surface area contributed by atoms with Crippen LogP contribution < -0.4 is 10.1 Å². The number of ketones is 1. The lowest BCUT2D eigenvalue weighted by atomic mass is 10.1. The highest BCUT2D eigenvalue weighted by Gasteiger charge is 2.29. The first-order chi connectivity index (χ1) is 16.2. The number of benzene rings is 2. The number of carbonyl (C=O) groups excluding carboxylic acids is 4. The van der Waals surface area contributed by atoms with Crippen molar-refractivity contribution in [3.05, 3.63) is 64.7 Å². The number of nitrogens with zero attached hydrogens (tertiary/aromatic N) is 1. The van der Waals surface area contributed by atoms with Gasteiger partial charge in [-0.2, -0.15) is 0 Å². The van der Waals surface area contributed by atoms with Gasteiger partial charge in [-0.05, 0) is 55.8 Å². The molecule has 0 aromatic heterocycles. The van der Waals surface area contributed by atoms with Crippen molar-refractivity contribution in [2.45, 2.75) is 26.5 Å². The SMILES string of the molecule is COC(=O)NC(=N)c1ccc2c(c1)CN(CC(=O)c1ccc(OCC(=O)OC(C)C)cc1)C2=O. The number of hydrogen-bond acceptors (Lipinski definition) is 8. The zero-order valence-corrected chi connectivity index (χ0v) is 19.0. The number of carbonyl (C=O) groups is 4. The fourth-order valence-corrected chi connectivity index (χ4v) is 3.33.